The van der Waals surface area contributed by atoms with Gasteiger partial charge in [-0.3, -0.25) is 0 Å². The van der Waals surface area contributed by atoms with Crippen molar-refractivity contribution in [2.24, 2.45) is 0 Å². The Labute approximate surface area is 152 Å². The number of aromatic nitrogens is 1. The number of carbonyl (C=O) groups is 1. The van der Waals surface area contributed by atoms with Gasteiger partial charge in [0.1, 0.15) is 10.8 Å². The molecule has 134 valence electrons. The normalized spacial score (nSPS) is 15.7. The molecule has 2 heterocycles. The van der Waals surface area contributed by atoms with Crippen molar-refractivity contribution in [1.29, 1.82) is 0 Å². The third-order valence-electron chi connectivity index (χ3n) is 4.31. The molecule has 6 nitrogen and oxygen atoms in total. The monoisotopic (exact) mass is 360 g/mol. The molecule has 25 heavy (non-hydrogen) atoms. The van der Waals surface area contributed by atoms with Crippen LogP contribution in [0.15, 0.2) is 30.5 Å². The average molecular weight is 360 g/mol. The Hall–Kier alpha value is -2.12. The van der Waals surface area contributed by atoms with Crippen LogP contribution in [0.3, 0.4) is 0 Å². The second-order valence-electron chi connectivity index (χ2n) is 6.13. The van der Waals surface area contributed by atoms with Crippen LogP contribution in [-0.4, -0.2) is 61.2 Å². The van der Waals surface area contributed by atoms with Gasteiger partial charge in [0.15, 0.2) is 0 Å². The Morgan fingerprint density at radius 2 is 2.12 bits per heavy atom. The topological polar surface area (TPSA) is 57.7 Å². The Balaban J connectivity index is 1.59. The fraction of sp³-hybridized carbons (Fsp3) is 0.444. The molecule has 1 aliphatic heterocycles. The molecule has 0 aliphatic carbocycles. The number of urea groups is 1. The van der Waals surface area contributed by atoms with E-state index in [0.29, 0.717) is 6.54 Å². The maximum atomic E-state index is 12.4. The maximum absolute atomic E-state index is 12.4. The molecule has 2 amide bonds. The van der Waals surface area contributed by atoms with Crippen molar-refractivity contribution in [3.63, 3.8) is 0 Å². The summed E-state index contributed by atoms with van der Waals surface area (Å²) >= 11 is 1.58. The smallest absolute Gasteiger partial charge is 0.317 e. The minimum Gasteiger partial charge on any atom is -0.496 e. The van der Waals surface area contributed by atoms with E-state index in [1.54, 1.807) is 18.4 Å². The zero-order valence-electron chi connectivity index (χ0n) is 14.7. The van der Waals surface area contributed by atoms with Gasteiger partial charge in [-0.2, -0.15) is 0 Å². The molecule has 2 aromatic rings. The van der Waals surface area contributed by atoms with Gasteiger partial charge in [-0.05, 0) is 32.1 Å². The van der Waals surface area contributed by atoms with Crippen LogP contribution in [0.2, 0.25) is 0 Å². The van der Waals surface area contributed by atoms with E-state index in [9.17, 15) is 4.79 Å². The van der Waals surface area contributed by atoms with E-state index in [1.165, 1.54) is 0 Å². The molecule has 1 saturated heterocycles. The van der Waals surface area contributed by atoms with Crippen LogP contribution in [0.5, 0.6) is 5.75 Å². The van der Waals surface area contributed by atoms with E-state index in [2.05, 4.69) is 22.2 Å². The first-order valence-electron chi connectivity index (χ1n) is 8.47. The standard InChI is InChI=1S/C18H24N4O2S/c1-21-8-5-9-22(11-10-21)18(23)20-13-14-12-19-17(25-14)15-6-3-4-7-16(15)24-2/h3-4,6-7,12H,5,8-11,13H2,1-2H3,(H,20,23). The highest BCUT2D eigenvalue weighted by Crippen LogP contribution is 2.32. The zero-order chi connectivity index (χ0) is 17.6. The van der Waals surface area contributed by atoms with Crippen LogP contribution in [0.1, 0.15) is 11.3 Å². The maximum Gasteiger partial charge on any atom is 0.317 e. The number of hydrogen-bond acceptors (Lipinski definition) is 5. The van der Waals surface area contributed by atoms with Crippen LogP contribution in [-0.2, 0) is 6.54 Å². The predicted octanol–water partition coefficient (Wildman–Crippen LogP) is 2.67. The lowest BCUT2D eigenvalue weighted by atomic mass is 10.2. The molecule has 0 atom stereocenters. The average Bonchev–Trinajstić information content (AvgIpc) is 3.00. The van der Waals surface area contributed by atoms with Gasteiger partial charge in [0, 0.05) is 30.7 Å². The summed E-state index contributed by atoms with van der Waals surface area (Å²) in [6.07, 6.45) is 2.84. The number of para-hydroxylation sites is 1. The number of amides is 2. The van der Waals surface area contributed by atoms with Gasteiger partial charge in [0.05, 0.1) is 19.2 Å². The molecule has 0 unspecified atom stereocenters. The number of thiazole rings is 1. The van der Waals surface area contributed by atoms with Crippen molar-refractivity contribution < 1.29 is 9.53 Å². The number of carbonyl (C=O) groups excluding carboxylic acids is 1. The van der Waals surface area contributed by atoms with Crippen molar-refractivity contribution >= 4 is 17.4 Å². The number of nitrogens with one attached hydrogen (secondary N) is 1. The summed E-state index contributed by atoms with van der Waals surface area (Å²) in [6.45, 7) is 4.05. The van der Waals surface area contributed by atoms with Gasteiger partial charge >= 0.3 is 6.03 Å². The number of benzene rings is 1. The van der Waals surface area contributed by atoms with E-state index in [0.717, 1.165) is 53.8 Å². The number of rotatable bonds is 4. The first kappa shape index (κ1) is 17.7. The highest BCUT2D eigenvalue weighted by Gasteiger charge is 2.17. The third kappa shape index (κ3) is 4.49. The van der Waals surface area contributed by atoms with Crippen molar-refractivity contribution in [3.05, 3.63) is 35.3 Å². The first-order valence-corrected chi connectivity index (χ1v) is 9.28. The van der Waals surface area contributed by atoms with Crippen LogP contribution in [0.25, 0.3) is 10.6 Å². The zero-order valence-corrected chi connectivity index (χ0v) is 15.5. The van der Waals surface area contributed by atoms with Crippen LogP contribution >= 0.6 is 11.3 Å². The van der Waals surface area contributed by atoms with Crippen LogP contribution < -0.4 is 10.1 Å². The van der Waals surface area contributed by atoms with Crippen LogP contribution in [0.4, 0.5) is 4.79 Å². The van der Waals surface area contributed by atoms with Gasteiger partial charge in [0.2, 0.25) is 0 Å². The Morgan fingerprint density at radius 3 is 2.96 bits per heavy atom. The molecular weight excluding hydrogens is 336 g/mol. The quantitative estimate of drug-likeness (QED) is 0.911. The summed E-state index contributed by atoms with van der Waals surface area (Å²) in [6, 6.07) is 7.83. The fourth-order valence-electron chi connectivity index (χ4n) is 2.86. The Kier molecular flexibility index (Phi) is 5.88. The van der Waals surface area contributed by atoms with E-state index < -0.39 is 0 Å². The molecule has 0 bridgehead atoms. The van der Waals surface area contributed by atoms with Gasteiger partial charge in [-0.25, -0.2) is 9.78 Å². The second kappa shape index (κ2) is 8.31. The lowest BCUT2D eigenvalue weighted by Gasteiger charge is -2.20. The largest absolute Gasteiger partial charge is 0.496 e. The second-order valence-corrected chi connectivity index (χ2v) is 7.25. The summed E-state index contributed by atoms with van der Waals surface area (Å²) in [5, 5.41) is 3.91. The number of hydrogen-bond donors (Lipinski definition) is 1. The molecule has 1 N–H and O–H groups in total. The minimum absolute atomic E-state index is 0.00235. The SMILES string of the molecule is COc1ccccc1-c1ncc(CNC(=O)N2CCCN(C)CC2)s1. The minimum atomic E-state index is 0.00235. The molecule has 3 rings (SSSR count). The van der Waals surface area contributed by atoms with Gasteiger partial charge in [0.25, 0.3) is 0 Å². The molecule has 0 radical (unpaired) electrons. The van der Waals surface area contributed by atoms with Gasteiger partial charge < -0.3 is 19.9 Å². The van der Waals surface area contributed by atoms with Crippen molar-refractivity contribution in [3.8, 4) is 16.3 Å². The number of methoxy groups -OCH3 is 1. The van der Waals surface area contributed by atoms with E-state index in [4.69, 9.17) is 4.74 Å². The summed E-state index contributed by atoms with van der Waals surface area (Å²) in [5.41, 5.74) is 0.975. The number of likely N-dealkylation sites (N-methyl/N-ethyl adjacent to an activating group) is 1. The van der Waals surface area contributed by atoms with Crippen molar-refractivity contribution in [2.45, 2.75) is 13.0 Å². The summed E-state index contributed by atoms with van der Waals surface area (Å²) in [4.78, 5) is 22.0. The molecule has 0 spiro atoms. The van der Waals surface area contributed by atoms with Gasteiger partial charge in [-0.15, -0.1) is 11.3 Å². The number of nitrogens with zero attached hydrogens (tertiary/aromatic N) is 3. The van der Waals surface area contributed by atoms with Crippen LogP contribution in [0, 0.1) is 0 Å². The summed E-state index contributed by atoms with van der Waals surface area (Å²) in [7, 11) is 3.75. The highest BCUT2D eigenvalue weighted by atomic mass is 32.1. The Bertz CT molecular complexity index is 719. The first-order chi connectivity index (χ1) is 12.2. The van der Waals surface area contributed by atoms with Crippen molar-refractivity contribution in [2.75, 3.05) is 40.3 Å². The van der Waals surface area contributed by atoms with E-state index >= 15 is 0 Å². The van der Waals surface area contributed by atoms with Crippen molar-refractivity contribution in [1.82, 2.24) is 20.1 Å². The molecule has 7 heteroatoms. The predicted molar refractivity (Wildman–Crippen MR) is 100 cm³/mol. The molecule has 1 fully saturated rings. The summed E-state index contributed by atoms with van der Waals surface area (Å²) < 4.78 is 5.39. The molecule has 1 aliphatic rings. The molecule has 1 aromatic heterocycles. The highest BCUT2D eigenvalue weighted by molar-refractivity contribution is 7.15. The lowest BCUT2D eigenvalue weighted by molar-refractivity contribution is 0.199. The molecule has 1 aromatic carbocycles. The Morgan fingerprint density at radius 1 is 1.28 bits per heavy atom. The van der Waals surface area contributed by atoms with Gasteiger partial charge in [-0.1, -0.05) is 12.1 Å². The molecule has 0 saturated carbocycles. The summed E-state index contributed by atoms with van der Waals surface area (Å²) in [5.74, 6) is 0.807. The third-order valence-corrected chi connectivity index (χ3v) is 5.34. The fourth-order valence-corrected chi connectivity index (χ4v) is 3.74. The van der Waals surface area contributed by atoms with E-state index in [1.807, 2.05) is 35.4 Å². The lowest BCUT2D eigenvalue weighted by Crippen LogP contribution is -2.41. The van der Waals surface area contributed by atoms with E-state index in [-0.39, 0.29) is 6.03 Å². The number of ether oxygens (including phenoxy) is 1. The molecular formula is C18H24N4O2S.